The van der Waals surface area contributed by atoms with Gasteiger partial charge >= 0.3 is 0 Å². The highest BCUT2D eigenvalue weighted by molar-refractivity contribution is 6.09. The number of hydrogen-bond donors (Lipinski definition) is 2. The van der Waals surface area contributed by atoms with Crippen molar-refractivity contribution in [2.75, 3.05) is 58.7 Å². The number of amides is 1. The number of rotatable bonds is 8. The minimum atomic E-state index is -0.212. The Bertz CT molecular complexity index is 1180. The first-order valence-corrected chi connectivity index (χ1v) is 11.0. The minimum Gasteiger partial charge on any atom is -0.494 e. The van der Waals surface area contributed by atoms with Crippen LogP contribution < -0.4 is 19.9 Å². The lowest BCUT2D eigenvalue weighted by Gasteiger charge is -2.22. The molecule has 8 nitrogen and oxygen atoms in total. The third-order valence-electron chi connectivity index (χ3n) is 5.98. The Morgan fingerprint density at radius 3 is 2.26 bits per heavy atom. The van der Waals surface area contributed by atoms with Crippen LogP contribution in [0.2, 0.25) is 0 Å². The number of carbonyl (C=O) groups excluding carboxylic acids is 2. The van der Waals surface area contributed by atoms with Gasteiger partial charge in [0, 0.05) is 64.2 Å². The highest BCUT2D eigenvalue weighted by atomic mass is 16.5. The maximum Gasteiger partial charge on any atom is 0.253 e. The summed E-state index contributed by atoms with van der Waals surface area (Å²) in [6, 6.07) is 7.29. The number of carbonyl (C=O) groups is 2. The van der Waals surface area contributed by atoms with Gasteiger partial charge in [0.1, 0.15) is 11.6 Å². The van der Waals surface area contributed by atoms with E-state index in [1.165, 1.54) is 0 Å². The van der Waals surface area contributed by atoms with Crippen molar-refractivity contribution in [2.45, 2.75) is 13.5 Å². The molecule has 0 atom stereocenters. The quantitative estimate of drug-likeness (QED) is 0.585. The van der Waals surface area contributed by atoms with E-state index in [2.05, 4.69) is 11.9 Å². The molecule has 1 heterocycles. The van der Waals surface area contributed by atoms with Crippen LogP contribution in [0.4, 0.5) is 11.4 Å². The molecule has 1 aliphatic rings. The van der Waals surface area contributed by atoms with E-state index < -0.39 is 0 Å². The molecule has 0 aliphatic carbocycles. The van der Waals surface area contributed by atoms with Crippen molar-refractivity contribution >= 4 is 34.5 Å². The predicted octanol–water partition coefficient (Wildman–Crippen LogP) is 3.24. The average molecular weight is 464 g/mol. The van der Waals surface area contributed by atoms with Gasteiger partial charge in [-0.05, 0) is 42.3 Å². The van der Waals surface area contributed by atoms with E-state index in [0.717, 1.165) is 28.1 Å². The van der Waals surface area contributed by atoms with E-state index >= 15 is 0 Å². The van der Waals surface area contributed by atoms with Gasteiger partial charge < -0.3 is 24.8 Å². The number of anilines is 2. The van der Waals surface area contributed by atoms with Crippen LogP contribution in [0.5, 0.6) is 5.75 Å². The molecule has 2 N–H and O–H groups in total. The molecule has 2 aromatic carbocycles. The monoisotopic (exact) mass is 463 g/mol. The van der Waals surface area contributed by atoms with Gasteiger partial charge in [0.05, 0.1) is 24.9 Å². The molecule has 2 aromatic rings. The predicted molar refractivity (Wildman–Crippen MR) is 138 cm³/mol. The zero-order chi connectivity index (χ0) is 25.3. The summed E-state index contributed by atoms with van der Waals surface area (Å²) in [6.45, 7) is 6.40. The second-order valence-corrected chi connectivity index (χ2v) is 8.88. The van der Waals surface area contributed by atoms with Crippen LogP contribution in [0.15, 0.2) is 30.8 Å². The fraction of sp³-hybridized carbons (Fsp3) is 0.346. The van der Waals surface area contributed by atoms with Gasteiger partial charge in [-0.3, -0.25) is 15.0 Å². The van der Waals surface area contributed by atoms with Gasteiger partial charge in [0.25, 0.3) is 5.91 Å². The van der Waals surface area contributed by atoms with Crippen molar-refractivity contribution in [1.29, 1.82) is 5.41 Å². The number of fused-ring (bicyclic) bond motifs is 1. The minimum absolute atomic E-state index is 0.0505. The fourth-order valence-corrected chi connectivity index (χ4v) is 4.16. The van der Waals surface area contributed by atoms with Crippen molar-refractivity contribution < 1.29 is 14.3 Å². The molecule has 0 fully saturated rings. The van der Waals surface area contributed by atoms with E-state index in [1.807, 2.05) is 57.0 Å². The summed E-state index contributed by atoms with van der Waals surface area (Å²) < 4.78 is 5.60. The van der Waals surface area contributed by atoms with Gasteiger partial charge in [-0.15, -0.1) is 0 Å². The van der Waals surface area contributed by atoms with Gasteiger partial charge in [0.2, 0.25) is 0 Å². The topological polar surface area (TPSA) is 89.0 Å². The second kappa shape index (κ2) is 9.59. The highest BCUT2D eigenvalue weighted by Crippen LogP contribution is 2.36. The number of allylic oxidation sites excluding steroid dienone is 1. The molecule has 34 heavy (non-hydrogen) atoms. The molecule has 0 aromatic heterocycles. The van der Waals surface area contributed by atoms with Crippen LogP contribution in [0, 0.1) is 5.41 Å². The van der Waals surface area contributed by atoms with Gasteiger partial charge in [-0.2, -0.15) is 0 Å². The van der Waals surface area contributed by atoms with Crippen molar-refractivity contribution in [3.8, 4) is 5.75 Å². The number of ketones is 1. The Hall–Kier alpha value is -3.81. The number of nitrogens with one attached hydrogen (secondary N) is 2. The maximum atomic E-state index is 13.3. The lowest BCUT2D eigenvalue weighted by Crippen LogP contribution is -2.30. The Kier molecular flexibility index (Phi) is 7.00. The van der Waals surface area contributed by atoms with E-state index in [0.29, 0.717) is 29.0 Å². The summed E-state index contributed by atoms with van der Waals surface area (Å²) in [6.07, 6.45) is 0. The lowest BCUT2D eigenvalue weighted by atomic mass is 9.99. The first-order chi connectivity index (χ1) is 16.0. The number of nitrogens with zero attached hydrogens (tertiary/aromatic N) is 3. The van der Waals surface area contributed by atoms with Crippen LogP contribution in [0.25, 0.3) is 5.57 Å². The summed E-state index contributed by atoms with van der Waals surface area (Å²) in [5.74, 6) is 0.592. The summed E-state index contributed by atoms with van der Waals surface area (Å²) in [4.78, 5) is 31.3. The van der Waals surface area contributed by atoms with E-state index in [4.69, 9.17) is 10.1 Å². The van der Waals surface area contributed by atoms with Crippen LogP contribution >= 0.6 is 0 Å². The normalized spacial score (nSPS) is 12.3. The average Bonchev–Trinajstić information content (AvgIpc) is 3.10. The second-order valence-electron chi connectivity index (χ2n) is 8.88. The molecule has 3 rings (SSSR count). The van der Waals surface area contributed by atoms with Crippen molar-refractivity contribution in [3.05, 3.63) is 58.7 Å². The fourth-order valence-electron chi connectivity index (χ4n) is 4.16. The summed E-state index contributed by atoms with van der Waals surface area (Å²) in [5.41, 5.74) is 5.76. The third-order valence-corrected chi connectivity index (χ3v) is 5.98. The SMILES string of the molecule is C=C(C)c1cc(C(=O)CN2Cc3cc(N(C)C)c(C(=O)NC)cc3C2=N)cc(N(C)C)c1OC. The molecule has 0 bridgehead atoms. The molecule has 8 heteroatoms. The van der Waals surface area contributed by atoms with Gasteiger partial charge in [-0.25, -0.2) is 0 Å². The van der Waals surface area contributed by atoms with Crippen LogP contribution in [-0.4, -0.2) is 71.3 Å². The summed E-state index contributed by atoms with van der Waals surface area (Å²) in [5, 5.41) is 11.3. The summed E-state index contributed by atoms with van der Waals surface area (Å²) in [7, 11) is 10.7. The maximum absolute atomic E-state index is 13.3. The molecule has 0 saturated carbocycles. The van der Waals surface area contributed by atoms with Gasteiger partial charge in [0.15, 0.2) is 5.78 Å². The van der Waals surface area contributed by atoms with Crippen molar-refractivity contribution in [1.82, 2.24) is 10.2 Å². The number of benzene rings is 2. The largest absolute Gasteiger partial charge is 0.494 e. The standard InChI is InChI=1S/C26H33N5O3/c1-15(2)18-9-16(10-22(30(6)7)24(18)34-8)23(32)14-31-13-17-11-21(29(4)5)20(26(33)28-3)12-19(17)25(31)27/h9-12,27H,1,13-14H2,2-8H3,(H,28,33). The Morgan fingerprint density at radius 2 is 1.74 bits per heavy atom. The lowest BCUT2D eigenvalue weighted by molar-refractivity contribution is 0.0955. The number of ether oxygens (including phenoxy) is 1. The highest BCUT2D eigenvalue weighted by Gasteiger charge is 2.29. The van der Waals surface area contributed by atoms with Crippen molar-refractivity contribution in [2.24, 2.45) is 0 Å². The molecule has 180 valence electrons. The molecule has 0 saturated heterocycles. The van der Waals surface area contributed by atoms with Crippen LogP contribution in [0.1, 0.15) is 44.3 Å². The Morgan fingerprint density at radius 1 is 1.09 bits per heavy atom. The molecule has 1 amide bonds. The number of amidine groups is 1. The molecule has 0 spiro atoms. The zero-order valence-electron chi connectivity index (χ0n) is 21.0. The smallest absolute Gasteiger partial charge is 0.253 e. The first-order valence-electron chi connectivity index (χ1n) is 11.0. The number of methoxy groups -OCH3 is 1. The molecule has 0 radical (unpaired) electrons. The molecular weight excluding hydrogens is 430 g/mol. The molecule has 1 aliphatic heterocycles. The molecule has 0 unspecified atom stereocenters. The van der Waals surface area contributed by atoms with Crippen LogP contribution in [-0.2, 0) is 6.54 Å². The van der Waals surface area contributed by atoms with Gasteiger partial charge in [-0.1, -0.05) is 6.58 Å². The van der Waals surface area contributed by atoms with Crippen LogP contribution in [0.3, 0.4) is 0 Å². The van der Waals surface area contributed by atoms with Crippen molar-refractivity contribution in [3.63, 3.8) is 0 Å². The zero-order valence-corrected chi connectivity index (χ0v) is 21.0. The number of hydrogen-bond acceptors (Lipinski definition) is 6. The number of Topliss-reactive ketones (excluding diaryl/α,β-unsaturated/α-hetero) is 1. The third kappa shape index (κ3) is 4.48. The van der Waals surface area contributed by atoms with E-state index in [1.54, 1.807) is 31.2 Å². The summed E-state index contributed by atoms with van der Waals surface area (Å²) >= 11 is 0. The van der Waals surface area contributed by atoms with E-state index in [9.17, 15) is 9.59 Å². The Labute approximate surface area is 201 Å². The Balaban J connectivity index is 1.94. The first kappa shape index (κ1) is 24.8. The molecular formula is C26H33N5O3. The van der Waals surface area contributed by atoms with E-state index in [-0.39, 0.29) is 24.1 Å².